The molecule has 3 rings (SSSR count). The smallest absolute Gasteiger partial charge is 0.321 e. The summed E-state index contributed by atoms with van der Waals surface area (Å²) in [7, 11) is 0. The number of nitrogens with one attached hydrogen (secondary N) is 1. The molecular weight excluding hydrogens is 210 g/mol. The summed E-state index contributed by atoms with van der Waals surface area (Å²) in [5.74, 6) is -1.19. The van der Waals surface area contributed by atoms with Crippen molar-refractivity contribution in [2.24, 2.45) is 11.8 Å². The van der Waals surface area contributed by atoms with E-state index in [2.05, 4.69) is 20.1 Å². The lowest BCUT2D eigenvalue weighted by atomic mass is 9.86. The lowest BCUT2D eigenvalue weighted by Gasteiger charge is -2.12. The van der Waals surface area contributed by atoms with Crippen LogP contribution in [0, 0.1) is 11.8 Å². The molecule has 1 aliphatic carbocycles. The maximum atomic E-state index is 10.9. The Hall–Kier alpha value is -1.98. The number of H-pyrrole nitrogens is 1. The molecule has 1 N–H and O–H groups in total. The number of hydrogen-bond acceptors (Lipinski definition) is 5. The first-order valence-corrected chi connectivity index (χ1v) is 5.01. The van der Waals surface area contributed by atoms with Crippen molar-refractivity contribution in [1.29, 1.82) is 0 Å². The quantitative estimate of drug-likeness (QED) is 0.390. The molecule has 1 aromatic rings. The van der Waals surface area contributed by atoms with Crippen molar-refractivity contribution in [3.63, 3.8) is 0 Å². The van der Waals surface area contributed by atoms with E-state index < -0.39 is 0 Å². The fraction of sp³-hybridized carbons (Fsp3) is 0.400. The van der Waals surface area contributed by atoms with Crippen LogP contribution < -0.4 is 0 Å². The summed E-state index contributed by atoms with van der Waals surface area (Å²) in [6.45, 7) is 0. The Labute approximate surface area is 91.7 Å². The molecule has 0 saturated carbocycles. The molecular formula is C10H11N3O3. The average Bonchev–Trinajstić information content (AvgIpc) is 2.94. The molecule has 16 heavy (non-hydrogen) atoms. The molecule has 0 radical (unpaired) electrons. The summed E-state index contributed by atoms with van der Waals surface area (Å²) in [4.78, 5) is 21.9. The van der Waals surface area contributed by atoms with Crippen molar-refractivity contribution in [3.05, 3.63) is 24.5 Å². The van der Waals surface area contributed by atoms with Crippen molar-refractivity contribution in [2.45, 2.75) is 12.8 Å². The minimum absolute atomic E-state index is 0.188. The molecule has 1 aromatic heterocycles. The molecule has 2 heterocycles. The van der Waals surface area contributed by atoms with Gasteiger partial charge in [-0.3, -0.25) is 9.59 Å². The highest BCUT2D eigenvalue weighted by atomic mass is 16.6. The van der Waals surface area contributed by atoms with Crippen LogP contribution in [0.25, 0.3) is 0 Å². The van der Waals surface area contributed by atoms with Crippen LogP contribution in [-0.4, -0.2) is 27.3 Å². The molecule has 6 heteroatoms. The first kappa shape index (κ1) is 10.5. The molecule has 2 atom stereocenters. The van der Waals surface area contributed by atoms with Crippen molar-refractivity contribution >= 4 is 11.9 Å². The number of hydrogen-bond donors (Lipinski definition) is 1. The average molecular weight is 221 g/mol. The monoisotopic (exact) mass is 221 g/mol. The fourth-order valence-corrected chi connectivity index (χ4v) is 1.75. The van der Waals surface area contributed by atoms with E-state index in [0.717, 1.165) is 12.8 Å². The van der Waals surface area contributed by atoms with Gasteiger partial charge in [-0.05, 0) is 12.8 Å². The van der Waals surface area contributed by atoms with E-state index in [1.54, 1.807) is 18.5 Å². The number of ether oxygens (including phenoxy) is 1. The van der Waals surface area contributed by atoms with Crippen LogP contribution in [0.5, 0.6) is 0 Å². The number of allylic oxidation sites excluding steroid dienone is 1. The van der Waals surface area contributed by atoms with E-state index in [1.807, 2.05) is 6.08 Å². The van der Waals surface area contributed by atoms with Gasteiger partial charge in [-0.1, -0.05) is 12.2 Å². The minimum atomic E-state index is -0.379. The second-order valence-corrected chi connectivity index (χ2v) is 3.53. The highest BCUT2D eigenvalue weighted by Gasteiger charge is 2.43. The molecule has 1 fully saturated rings. The van der Waals surface area contributed by atoms with Gasteiger partial charge in [-0.15, -0.1) is 0 Å². The molecule has 6 nitrogen and oxygen atoms in total. The fourth-order valence-electron chi connectivity index (χ4n) is 1.75. The molecule has 0 spiro atoms. The Balaban J connectivity index is 0.000000162. The third-order valence-corrected chi connectivity index (χ3v) is 2.53. The summed E-state index contributed by atoms with van der Waals surface area (Å²) in [6.07, 6.45) is 8.51. The zero-order chi connectivity index (χ0) is 11.4. The number of carbonyl (C=O) groups is 2. The largest absolute Gasteiger partial charge is 0.392 e. The molecule has 84 valence electrons. The Morgan fingerprint density at radius 3 is 2.56 bits per heavy atom. The zero-order valence-corrected chi connectivity index (χ0v) is 8.50. The minimum Gasteiger partial charge on any atom is -0.392 e. The molecule has 2 unspecified atom stereocenters. The first-order chi connectivity index (χ1) is 7.79. The third kappa shape index (κ3) is 2.16. The van der Waals surface area contributed by atoms with Crippen molar-refractivity contribution < 1.29 is 14.3 Å². The maximum Gasteiger partial charge on any atom is 0.321 e. The Kier molecular flexibility index (Phi) is 3.09. The van der Waals surface area contributed by atoms with Gasteiger partial charge in [-0.2, -0.15) is 15.4 Å². The molecule has 1 saturated heterocycles. The number of fused-ring (bicyclic) bond motifs is 1. The van der Waals surface area contributed by atoms with Gasteiger partial charge in [0.15, 0.2) is 0 Å². The van der Waals surface area contributed by atoms with Gasteiger partial charge in [0.05, 0.1) is 24.2 Å². The number of cyclic esters (lactones) is 2. The van der Waals surface area contributed by atoms with Gasteiger partial charge in [0.2, 0.25) is 0 Å². The molecule has 1 aliphatic heterocycles. The third-order valence-electron chi connectivity index (χ3n) is 2.53. The number of esters is 2. The summed E-state index contributed by atoms with van der Waals surface area (Å²) < 4.78 is 4.48. The van der Waals surface area contributed by atoms with E-state index in [4.69, 9.17) is 0 Å². The normalized spacial score (nSPS) is 26.8. The SMILES string of the molecule is O=C1OC(=O)C2CCC=CC12.c1cn[nH]n1. The van der Waals surface area contributed by atoms with Crippen LogP contribution in [0.1, 0.15) is 12.8 Å². The Morgan fingerprint density at radius 1 is 1.25 bits per heavy atom. The Morgan fingerprint density at radius 2 is 2.00 bits per heavy atom. The number of carbonyl (C=O) groups excluding carboxylic acids is 2. The summed E-state index contributed by atoms with van der Waals surface area (Å²) in [6, 6.07) is 0. The van der Waals surface area contributed by atoms with E-state index in [0.29, 0.717) is 0 Å². The van der Waals surface area contributed by atoms with Crippen molar-refractivity contribution in [2.75, 3.05) is 0 Å². The van der Waals surface area contributed by atoms with Crippen LogP contribution in [0.4, 0.5) is 0 Å². The van der Waals surface area contributed by atoms with E-state index in [1.165, 1.54) is 0 Å². The van der Waals surface area contributed by atoms with Gasteiger partial charge in [0.25, 0.3) is 0 Å². The van der Waals surface area contributed by atoms with Crippen LogP contribution in [0.2, 0.25) is 0 Å². The van der Waals surface area contributed by atoms with Crippen LogP contribution in [0.15, 0.2) is 24.5 Å². The summed E-state index contributed by atoms with van der Waals surface area (Å²) in [5.41, 5.74) is 0. The second kappa shape index (κ2) is 4.69. The van der Waals surface area contributed by atoms with E-state index in [-0.39, 0.29) is 23.8 Å². The molecule has 2 aliphatic rings. The van der Waals surface area contributed by atoms with E-state index >= 15 is 0 Å². The van der Waals surface area contributed by atoms with Crippen LogP contribution in [0.3, 0.4) is 0 Å². The van der Waals surface area contributed by atoms with Gasteiger partial charge >= 0.3 is 11.9 Å². The van der Waals surface area contributed by atoms with Gasteiger partial charge < -0.3 is 4.74 Å². The van der Waals surface area contributed by atoms with Crippen molar-refractivity contribution in [1.82, 2.24) is 15.4 Å². The first-order valence-electron chi connectivity index (χ1n) is 5.01. The highest BCUT2D eigenvalue weighted by molar-refractivity contribution is 5.97. The van der Waals surface area contributed by atoms with Gasteiger partial charge in [0.1, 0.15) is 0 Å². The van der Waals surface area contributed by atoms with Gasteiger partial charge in [0, 0.05) is 0 Å². The standard InChI is InChI=1S/C8H8O3.C2H3N3/c9-7-5-3-1-2-4-6(5)8(10)11-7;1-2-4-5-3-1/h1,3,5-6H,2,4H2;1-2H,(H,3,4,5). The second-order valence-electron chi connectivity index (χ2n) is 3.53. The molecule has 0 bridgehead atoms. The molecule has 0 aromatic carbocycles. The lowest BCUT2D eigenvalue weighted by molar-refractivity contribution is -0.153. The molecule has 0 amide bonds. The van der Waals surface area contributed by atoms with Crippen LogP contribution in [-0.2, 0) is 14.3 Å². The van der Waals surface area contributed by atoms with Crippen molar-refractivity contribution in [3.8, 4) is 0 Å². The topological polar surface area (TPSA) is 84.9 Å². The van der Waals surface area contributed by atoms with Gasteiger partial charge in [-0.25, -0.2) is 0 Å². The zero-order valence-electron chi connectivity index (χ0n) is 8.50. The number of aromatic nitrogens is 3. The number of aromatic amines is 1. The summed E-state index contributed by atoms with van der Waals surface area (Å²) in [5, 5.41) is 9.33. The maximum absolute atomic E-state index is 10.9. The van der Waals surface area contributed by atoms with Crippen LogP contribution >= 0.6 is 0 Å². The number of nitrogens with zero attached hydrogens (tertiary/aromatic N) is 2. The van der Waals surface area contributed by atoms with E-state index in [9.17, 15) is 9.59 Å². The number of rotatable bonds is 0. The Bertz CT molecular complexity index is 382. The predicted octanol–water partition coefficient (Wildman–Crippen LogP) is 0.457. The predicted molar refractivity (Wildman–Crippen MR) is 52.8 cm³/mol. The summed E-state index contributed by atoms with van der Waals surface area (Å²) >= 11 is 0. The highest BCUT2D eigenvalue weighted by Crippen LogP contribution is 2.32. The lowest BCUT2D eigenvalue weighted by Crippen LogP contribution is -2.17.